The topological polar surface area (TPSA) is 74.2 Å². The van der Waals surface area contributed by atoms with Gasteiger partial charge in [0.1, 0.15) is 5.69 Å². The second-order valence-electron chi connectivity index (χ2n) is 6.19. The molecule has 0 aliphatic carbocycles. The zero-order chi connectivity index (χ0) is 18.0. The summed E-state index contributed by atoms with van der Waals surface area (Å²) in [4.78, 5) is 24.0. The molecule has 1 atom stereocenters. The number of rotatable bonds is 5. The number of benzene rings is 2. The van der Waals surface area contributed by atoms with Crippen molar-refractivity contribution in [1.29, 1.82) is 0 Å². The molecule has 0 saturated heterocycles. The summed E-state index contributed by atoms with van der Waals surface area (Å²) in [6, 6.07) is 15.8. The van der Waals surface area contributed by atoms with Crippen LogP contribution in [0.25, 0.3) is 10.9 Å². The molecular formula is C20H19N2O3-. The van der Waals surface area contributed by atoms with Crippen LogP contribution in [0.4, 0.5) is 0 Å². The van der Waals surface area contributed by atoms with E-state index in [1.54, 1.807) is 17.7 Å². The highest BCUT2D eigenvalue weighted by Gasteiger charge is 2.19. The number of fused-ring (bicyclic) bond motifs is 1. The Hall–Kier alpha value is -3.08. The summed E-state index contributed by atoms with van der Waals surface area (Å²) in [6.45, 7) is 1.98. The quantitative estimate of drug-likeness (QED) is 0.769. The Kier molecular flexibility index (Phi) is 4.57. The number of hydrogen-bond acceptors (Lipinski definition) is 3. The van der Waals surface area contributed by atoms with E-state index < -0.39 is 17.9 Å². The van der Waals surface area contributed by atoms with E-state index in [0.717, 1.165) is 22.0 Å². The number of carboxylic acids is 1. The predicted octanol–water partition coefficient (Wildman–Crippen LogP) is 1.58. The minimum Gasteiger partial charge on any atom is -0.548 e. The maximum absolute atomic E-state index is 12.6. The fourth-order valence-electron chi connectivity index (χ4n) is 2.96. The molecule has 0 saturated carbocycles. The van der Waals surface area contributed by atoms with Crippen molar-refractivity contribution < 1.29 is 14.7 Å². The Morgan fingerprint density at radius 3 is 2.52 bits per heavy atom. The van der Waals surface area contributed by atoms with Crippen LogP contribution in [-0.2, 0) is 18.3 Å². The molecule has 2 aromatic carbocycles. The largest absolute Gasteiger partial charge is 0.548 e. The normalized spacial score (nSPS) is 12.1. The molecule has 0 radical (unpaired) electrons. The van der Waals surface area contributed by atoms with Crippen LogP contribution in [0.15, 0.2) is 54.6 Å². The molecule has 0 spiro atoms. The second-order valence-corrected chi connectivity index (χ2v) is 6.19. The van der Waals surface area contributed by atoms with Gasteiger partial charge in [0, 0.05) is 18.0 Å². The molecule has 3 rings (SSSR count). The fraction of sp³-hybridized carbons (Fsp3) is 0.200. The van der Waals surface area contributed by atoms with Gasteiger partial charge in [0.05, 0.1) is 12.0 Å². The number of aromatic nitrogens is 1. The van der Waals surface area contributed by atoms with Crippen molar-refractivity contribution in [2.75, 3.05) is 0 Å². The Labute approximate surface area is 145 Å². The van der Waals surface area contributed by atoms with Crippen LogP contribution in [0.3, 0.4) is 0 Å². The summed E-state index contributed by atoms with van der Waals surface area (Å²) >= 11 is 0. The second kappa shape index (κ2) is 6.81. The summed E-state index contributed by atoms with van der Waals surface area (Å²) < 4.78 is 1.76. The van der Waals surface area contributed by atoms with Crippen molar-refractivity contribution in [2.45, 2.75) is 19.4 Å². The maximum Gasteiger partial charge on any atom is 0.268 e. The molecule has 5 heteroatoms. The summed E-state index contributed by atoms with van der Waals surface area (Å²) in [5.41, 5.74) is 3.26. The minimum absolute atomic E-state index is 0.179. The van der Waals surface area contributed by atoms with E-state index in [0.29, 0.717) is 5.69 Å². The molecule has 0 fully saturated rings. The molecule has 25 heavy (non-hydrogen) atoms. The van der Waals surface area contributed by atoms with Crippen LogP contribution in [0.1, 0.15) is 21.6 Å². The molecule has 0 bridgehead atoms. The first-order valence-electron chi connectivity index (χ1n) is 8.07. The van der Waals surface area contributed by atoms with Gasteiger partial charge in [-0.15, -0.1) is 0 Å². The van der Waals surface area contributed by atoms with Crippen molar-refractivity contribution in [3.63, 3.8) is 0 Å². The van der Waals surface area contributed by atoms with Crippen LogP contribution in [0, 0.1) is 6.92 Å². The van der Waals surface area contributed by atoms with Crippen molar-refractivity contribution in [3.8, 4) is 0 Å². The lowest BCUT2D eigenvalue weighted by atomic mass is 10.1. The van der Waals surface area contributed by atoms with E-state index in [1.165, 1.54) is 0 Å². The molecule has 1 N–H and O–H groups in total. The van der Waals surface area contributed by atoms with Crippen LogP contribution in [0.5, 0.6) is 0 Å². The number of nitrogens with zero attached hydrogens (tertiary/aromatic N) is 1. The predicted molar refractivity (Wildman–Crippen MR) is 94.1 cm³/mol. The maximum atomic E-state index is 12.6. The van der Waals surface area contributed by atoms with E-state index in [4.69, 9.17) is 0 Å². The molecule has 3 aromatic rings. The van der Waals surface area contributed by atoms with Gasteiger partial charge in [-0.2, -0.15) is 0 Å². The summed E-state index contributed by atoms with van der Waals surface area (Å²) in [6.07, 6.45) is 0.179. The van der Waals surface area contributed by atoms with Crippen LogP contribution in [-0.4, -0.2) is 22.5 Å². The van der Waals surface area contributed by atoms with E-state index in [2.05, 4.69) is 5.32 Å². The van der Waals surface area contributed by atoms with Gasteiger partial charge >= 0.3 is 0 Å². The lowest BCUT2D eigenvalue weighted by molar-refractivity contribution is -0.308. The molecule has 0 aliphatic rings. The number of amides is 1. The summed E-state index contributed by atoms with van der Waals surface area (Å²) in [5.74, 6) is -1.73. The van der Waals surface area contributed by atoms with Gasteiger partial charge in [-0.1, -0.05) is 42.0 Å². The van der Waals surface area contributed by atoms with E-state index in [1.807, 2.05) is 55.5 Å². The van der Waals surface area contributed by atoms with Gasteiger partial charge in [-0.25, -0.2) is 0 Å². The van der Waals surface area contributed by atoms with Crippen LogP contribution < -0.4 is 10.4 Å². The number of aryl methyl sites for hydroxylation is 2. The van der Waals surface area contributed by atoms with Gasteiger partial charge < -0.3 is 19.8 Å². The standard InChI is InChI=1S/C20H20N2O3/c1-13-8-9-17-15(10-13)12-18(22(17)2)19(23)21-16(20(24)25)11-14-6-4-3-5-7-14/h3-10,12,16H,11H2,1-2H3,(H,21,23)(H,24,25)/p-1/t16-/m0/s1. The lowest BCUT2D eigenvalue weighted by Gasteiger charge is -2.20. The average molecular weight is 335 g/mol. The first-order chi connectivity index (χ1) is 12.0. The third kappa shape index (κ3) is 3.55. The zero-order valence-electron chi connectivity index (χ0n) is 14.2. The van der Waals surface area contributed by atoms with Gasteiger partial charge in [0.25, 0.3) is 5.91 Å². The number of carbonyl (C=O) groups excluding carboxylic acids is 2. The average Bonchev–Trinajstić information content (AvgIpc) is 2.91. The molecule has 0 aliphatic heterocycles. The van der Waals surface area contributed by atoms with Crippen LogP contribution >= 0.6 is 0 Å². The lowest BCUT2D eigenvalue weighted by Crippen LogP contribution is -2.49. The first kappa shape index (κ1) is 16.8. The van der Waals surface area contributed by atoms with Crippen molar-refractivity contribution in [3.05, 3.63) is 71.4 Å². The molecule has 0 unspecified atom stereocenters. The summed E-state index contributed by atoms with van der Waals surface area (Å²) in [7, 11) is 1.79. The Bertz CT molecular complexity index is 929. The van der Waals surface area contributed by atoms with Crippen LogP contribution in [0.2, 0.25) is 0 Å². The molecule has 5 nitrogen and oxygen atoms in total. The monoisotopic (exact) mass is 335 g/mol. The highest BCUT2D eigenvalue weighted by Crippen LogP contribution is 2.20. The number of carboxylic acid groups (broad SMARTS) is 1. The summed E-state index contributed by atoms with van der Waals surface area (Å²) in [5, 5.41) is 15.0. The third-order valence-corrected chi connectivity index (χ3v) is 4.30. The Morgan fingerprint density at radius 2 is 1.84 bits per heavy atom. The SMILES string of the molecule is Cc1ccc2c(c1)cc(C(=O)N[C@@H](Cc1ccccc1)C(=O)[O-])n2C. The van der Waals surface area contributed by atoms with E-state index in [-0.39, 0.29) is 6.42 Å². The number of nitrogens with one attached hydrogen (secondary N) is 1. The van der Waals surface area contributed by atoms with Gasteiger partial charge in [-0.05, 0) is 37.1 Å². The number of aliphatic carboxylic acids is 1. The first-order valence-corrected chi connectivity index (χ1v) is 8.07. The minimum atomic E-state index is -1.30. The third-order valence-electron chi connectivity index (χ3n) is 4.30. The Morgan fingerprint density at radius 1 is 1.12 bits per heavy atom. The van der Waals surface area contributed by atoms with Crippen molar-refractivity contribution in [1.82, 2.24) is 9.88 Å². The van der Waals surface area contributed by atoms with Crippen molar-refractivity contribution >= 4 is 22.8 Å². The zero-order valence-corrected chi connectivity index (χ0v) is 14.2. The van der Waals surface area contributed by atoms with E-state index in [9.17, 15) is 14.7 Å². The Balaban J connectivity index is 1.84. The van der Waals surface area contributed by atoms with Gasteiger partial charge in [0.2, 0.25) is 0 Å². The number of carbonyl (C=O) groups is 2. The molecule has 1 heterocycles. The molecule has 128 valence electrons. The highest BCUT2D eigenvalue weighted by atomic mass is 16.4. The fourth-order valence-corrected chi connectivity index (χ4v) is 2.96. The highest BCUT2D eigenvalue weighted by molar-refractivity contribution is 6.00. The van der Waals surface area contributed by atoms with Crippen molar-refractivity contribution in [2.24, 2.45) is 7.05 Å². The number of hydrogen-bond donors (Lipinski definition) is 1. The molecule has 1 amide bonds. The van der Waals surface area contributed by atoms with Gasteiger partial charge in [-0.3, -0.25) is 4.79 Å². The molecule has 1 aromatic heterocycles. The van der Waals surface area contributed by atoms with Gasteiger partial charge in [0.15, 0.2) is 0 Å². The van der Waals surface area contributed by atoms with E-state index >= 15 is 0 Å². The smallest absolute Gasteiger partial charge is 0.268 e. The molecular weight excluding hydrogens is 316 g/mol.